The number of sulfonamides is 1. The Bertz CT molecular complexity index is 796. The van der Waals surface area contributed by atoms with Crippen LogP contribution in [0.2, 0.25) is 0 Å². The lowest BCUT2D eigenvalue weighted by Crippen LogP contribution is -2.38. The zero-order valence-corrected chi connectivity index (χ0v) is 13.1. The van der Waals surface area contributed by atoms with E-state index in [1.54, 1.807) is 12.4 Å². The fourth-order valence-electron chi connectivity index (χ4n) is 2.78. The van der Waals surface area contributed by atoms with Crippen molar-refractivity contribution in [2.75, 3.05) is 13.1 Å². The van der Waals surface area contributed by atoms with Crippen LogP contribution in [0, 0.1) is 10.1 Å². The van der Waals surface area contributed by atoms with Crippen molar-refractivity contribution >= 4 is 15.7 Å². The predicted molar refractivity (Wildman–Crippen MR) is 82.4 cm³/mol. The molecule has 0 spiro atoms. The lowest BCUT2D eigenvalue weighted by Gasteiger charge is -2.30. The third-order valence-corrected chi connectivity index (χ3v) is 5.92. The highest BCUT2D eigenvalue weighted by Crippen LogP contribution is 2.29. The van der Waals surface area contributed by atoms with Crippen molar-refractivity contribution in [2.45, 2.75) is 23.7 Å². The number of nitro groups is 1. The van der Waals surface area contributed by atoms with Gasteiger partial charge in [0.1, 0.15) is 5.82 Å². The Kier molecular flexibility index (Phi) is 4.14. The van der Waals surface area contributed by atoms with Crippen molar-refractivity contribution in [2.24, 2.45) is 0 Å². The Morgan fingerprint density at radius 1 is 1.30 bits per heavy atom. The van der Waals surface area contributed by atoms with Crippen LogP contribution in [0.1, 0.15) is 24.6 Å². The predicted octanol–water partition coefficient (Wildman–Crippen LogP) is 1.89. The number of aromatic amines is 1. The van der Waals surface area contributed by atoms with Gasteiger partial charge in [0.05, 0.1) is 9.82 Å². The molecule has 9 heteroatoms. The fourth-order valence-corrected chi connectivity index (χ4v) is 4.29. The van der Waals surface area contributed by atoms with E-state index in [0.29, 0.717) is 25.9 Å². The Balaban J connectivity index is 1.76. The SMILES string of the molecule is O=[N+]([O-])c1cccc(S(=O)(=O)N2CCC(c3ncc[nH]3)CC2)c1. The van der Waals surface area contributed by atoms with Gasteiger partial charge in [0.2, 0.25) is 10.0 Å². The second kappa shape index (κ2) is 6.09. The molecule has 0 unspecified atom stereocenters. The molecule has 1 aliphatic heterocycles. The van der Waals surface area contributed by atoms with Gasteiger partial charge in [0.15, 0.2) is 0 Å². The number of nitrogens with zero attached hydrogens (tertiary/aromatic N) is 3. The Morgan fingerprint density at radius 3 is 2.65 bits per heavy atom. The van der Waals surface area contributed by atoms with E-state index in [4.69, 9.17) is 0 Å². The average Bonchev–Trinajstić information content (AvgIpc) is 3.09. The van der Waals surface area contributed by atoms with E-state index in [9.17, 15) is 18.5 Å². The van der Waals surface area contributed by atoms with Crippen LogP contribution in [-0.2, 0) is 10.0 Å². The number of rotatable bonds is 4. The smallest absolute Gasteiger partial charge is 0.270 e. The molecule has 0 radical (unpaired) electrons. The highest BCUT2D eigenvalue weighted by atomic mass is 32.2. The number of hydrogen-bond donors (Lipinski definition) is 1. The van der Waals surface area contributed by atoms with Gasteiger partial charge in [-0.05, 0) is 18.9 Å². The van der Waals surface area contributed by atoms with E-state index in [1.165, 1.54) is 22.5 Å². The summed E-state index contributed by atoms with van der Waals surface area (Å²) in [6.45, 7) is 0.743. The van der Waals surface area contributed by atoms with Crippen LogP contribution in [0.25, 0.3) is 0 Å². The van der Waals surface area contributed by atoms with E-state index in [2.05, 4.69) is 9.97 Å². The molecule has 0 bridgehead atoms. The summed E-state index contributed by atoms with van der Waals surface area (Å²) in [7, 11) is -3.71. The number of hydrogen-bond acceptors (Lipinski definition) is 5. The molecule has 1 fully saturated rings. The summed E-state index contributed by atoms with van der Waals surface area (Å²) in [6, 6.07) is 5.16. The number of imidazole rings is 1. The molecule has 1 aliphatic rings. The molecule has 2 aromatic rings. The van der Waals surface area contributed by atoms with Crippen LogP contribution in [0.15, 0.2) is 41.6 Å². The number of H-pyrrole nitrogens is 1. The van der Waals surface area contributed by atoms with E-state index in [1.807, 2.05) is 0 Å². The van der Waals surface area contributed by atoms with Crippen LogP contribution in [0.4, 0.5) is 5.69 Å². The maximum atomic E-state index is 12.6. The van der Waals surface area contributed by atoms with Gasteiger partial charge in [-0.2, -0.15) is 4.31 Å². The molecule has 1 saturated heterocycles. The lowest BCUT2D eigenvalue weighted by molar-refractivity contribution is -0.385. The van der Waals surface area contributed by atoms with Crippen LogP contribution in [0.5, 0.6) is 0 Å². The Labute approximate surface area is 133 Å². The standard InChI is InChI=1S/C14H16N4O4S/c19-18(20)12-2-1-3-13(10-12)23(21,22)17-8-4-11(5-9-17)14-15-6-7-16-14/h1-3,6-7,10-11H,4-5,8-9H2,(H,15,16). The van der Waals surface area contributed by atoms with E-state index < -0.39 is 14.9 Å². The van der Waals surface area contributed by atoms with Gasteiger partial charge in [0.25, 0.3) is 5.69 Å². The second-order valence-corrected chi connectivity index (χ2v) is 7.35. The zero-order chi connectivity index (χ0) is 16.4. The third-order valence-electron chi connectivity index (χ3n) is 4.03. The van der Waals surface area contributed by atoms with Crippen LogP contribution >= 0.6 is 0 Å². The van der Waals surface area contributed by atoms with Crippen molar-refractivity contribution in [1.29, 1.82) is 0 Å². The van der Waals surface area contributed by atoms with Gasteiger partial charge in [-0.3, -0.25) is 10.1 Å². The van der Waals surface area contributed by atoms with Crippen molar-refractivity contribution in [3.8, 4) is 0 Å². The minimum Gasteiger partial charge on any atom is -0.348 e. The molecule has 1 N–H and O–H groups in total. The Morgan fingerprint density at radius 2 is 2.04 bits per heavy atom. The number of aromatic nitrogens is 2. The van der Waals surface area contributed by atoms with Gasteiger partial charge >= 0.3 is 0 Å². The van der Waals surface area contributed by atoms with Gasteiger partial charge in [-0.1, -0.05) is 6.07 Å². The monoisotopic (exact) mass is 336 g/mol. The van der Waals surface area contributed by atoms with Gasteiger partial charge in [-0.25, -0.2) is 13.4 Å². The molecule has 0 atom stereocenters. The van der Waals surface area contributed by atoms with Crippen molar-refractivity contribution < 1.29 is 13.3 Å². The molecule has 0 aliphatic carbocycles. The molecule has 2 heterocycles. The molecule has 23 heavy (non-hydrogen) atoms. The van der Waals surface area contributed by atoms with Crippen LogP contribution < -0.4 is 0 Å². The summed E-state index contributed by atoms with van der Waals surface area (Å²) in [5.41, 5.74) is -0.225. The molecule has 0 amide bonds. The summed E-state index contributed by atoms with van der Waals surface area (Å²) >= 11 is 0. The van der Waals surface area contributed by atoms with Crippen molar-refractivity contribution in [3.05, 3.63) is 52.6 Å². The first kappa shape index (κ1) is 15.6. The molecule has 3 rings (SSSR count). The first-order valence-corrected chi connectivity index (χ1v) is 8.66. The number of nitrogens with one attached hydrogen (secondary N) is 1. The summed E-state index contributed by atoms with van der Waals surface area (Å²) in [4.78, 5) is 17.5. The molecule has 8 nitrogen and oxygen atoms in total. The van der Waals surface area contributed by atoms with Gasteiger partial charge < -0.3 is 4.98 Å². The van der Waals surface area contributed by atoms with Crippen molar-refractivity contribution in [1.82, 2.24) is 14.3 Å². The summed E-state index contributed by atoms with van der Waals surface area (Å²) < 4.78 is 26.7. The number of nitro benzene ring substituents is 1. The summed E-state index contributed by atoms with van der Waals surface area (Å²) in [5, 5.41) is 10.8. The molecule has 0 saturated carbocycles. The first-order chi connectivity index (χ1) is 11.0. The molecular weight excluding hydrogens is 320 g/mol. The number of benzene rings is 1. The zero-order valence-electron chi connectivity index (χ0n) is 12.3. The van der Waals surface area contributed by atoms with E-state index in [0.717, 1.165) is 11.9 Å². The number of piperidine rings is 1. The quantitative estimate of drug-likeness (QED) is 0.677. The topological polar surface area (TPSA) is 109 Å². The van der Waals surface area contributed by atoms with E-state index in [-0.39, 0.29) is 16.5 Å². The maximum Gasteiger partial charge on any atom is 0.270 e. The van der Waals surface area contributed by atoms with E-state index >= 15 is 0 Å². The van der Waals surface area contributed by atoms with Crippen LogP contribution in [0.3, 0.4) is 0 Å². The summed E-state index contributed by atoms with van der Waals surface area (Å²) in [5.74, 6) is 1.08. The molecule has 1 aromatic heterocycles. The third kappa shape index (κ3) is 3.10. The second-order valence-electron chi connectivity index (χ2n) is 5.41. The van der Waals surface area contributed by atoms with Gasteiger partial charge in [0, 0.05) is 43.5 Å². The minimum atomic E-state index is -3.71. The maximum absolute atomic E-state index is 12.6. The molecule has 1 aromatic carbocycles. The Hall–Kier alpha value is -2.26. The largest absolute Gasteiger partial charge is 0.348 e. The molecule has 122 valence electrons. The first-order valence-electron chi connectivity index (χ1n) is 7.22. The molecular formula is C14H16N4O4S. The number of non-ortho nitro benzene ring substituents is 1. The highest BCUT2D eigenvalue weighted by Gasteiger charge is 2.31. The fraction of sp³-hybridized carbons (Fsp3) is 0.357. The minimum absolute atomic E-state index is 0.0388. The van der Waals surface area contributed by atoms with Gasteiger partial charge in [-0.15, -0.1) is 0 Å². The lowest BCUT2D eigenvalue weighted by atomic mass is 9.98. The summed E-state index contributed by atoms with van der Waals surface area (Å²) in [6.07, 6.45) is 4.77. The average molecular weight is 336 g/mol. The van der Waals surface area contributed by atoms with Crippen LogP contribution in [-0.4, -0.2) is 40.7 Å². The van der Waals surface area contributed by atoms with Crippen molar-refractivity contribution in [3.63, 3.8) is 0 Å². The highest BCUT2D eigenvalue weighted by molar-refractivity contribution is 7.89. The normalized spacial score (nSPS) is 17.2.